The van der Waals surface area contributed by atoms with E-state index in [1.807, 2.05) is 134 Å². The van der Waals surface area contributed by atoms with Gasteiger partial charge in [0.1, 0.15) is 24.8 Å². The van der Waals surface area contributed by atoms with Crippen LogP contribution in [-0.2, 0) is 54.7 Å². The number of hydrogen-bond acceptors (Lipinski definition) is 17. The lowest BCUT2D eigenvalue weighted by Gasteiger charge is -2.24. The van der Waals surface area contributed by atoms with Crippen molar-refractivity contribution in [3.63, 3.8) is 0 Å². The van der Waals surface area contributed by atoms with Crippen LogP contribution in [0.1, 0.15) is 196 Å². The van der Waals surface area contributed by atoms with Gasteiger partial charge in [-0.3, -0.25) is 29.1 Å². The predicted molar refractivity (Wildman–Crippen MR) is 413 cm³/mol. The van der Waals surface area contributed by atoms with Crippen LogP contribution in [0.5, 0.6) is 0 Å². The number of nitrogens with zero attached hydrogens (tertiary/aromatic N) is 2. The molecule has 6 aromatic carbocycles. The minimum Gasteiger partial charge on any atom is -0.461 e. The number of unbranched alkanes of at least 4 members (excludes halogenated alkanes) is 6. The molecule has 0 aliphatic heterocycles. The lowest BCUT2D eigenvalue weighted by Crippen LogP contribution is -2.23. The number of carbonyl (C=O) groups excluding carboxylic acids is 4. The molecule has 2 fully saturated rings. The van der Waals surface area contributed by atoms with E-state index in [1.54, 1.807) is 41.3 Å². The summed E-state index contributed by atoms with van der Waals surface area (Å²) in [6.45, 7) is 2.63. The van der Waals surface area contributed by atoms with Crippen LogP contribution in [0.2, 0.25) is 0 Å². The fourth-order valence-electron chi connectivity index (χ4n) is 15.7. The van der Waals surface area contributed by atoms with Gasteiger partial charge < -0.3 is 45.8 Å². The molecular formula is C87H101N3O12S2. The molecule has 10 aromatic rings. The van der Waals surface area contributed by atoms with Crippen molar-refractivity contribution in [3.8, 4) is 0 Å². The molecule has 8 N–H and O–H groups in total. The van der Waals surface area contributed by atoms with Gasteiger partial charge in [-0.25, -0.2) is 0 Å². The van der Waals surface area contributed by atoms with E-state index >= 15 is 0 Å². The Morgan fingerprint density at radius 2 is 0.846 bits per heavy atom. The molecule has 2 aliphatic carbocycles. The molecule has 0 spiro atoms. The zero-order valence-electron chi connectivity index (χ0n) is 59.6. The van der Waals surface area contributed by atoms with Gasteiger partial charge in [0.15, 0.2) is 0 Å². The zero-order valence-corrected chi connectivity index (χ0v) is 61.3. The highest BCUT2D eigenvalue weighted by atomic mass is 32.1. The monoisotopic (exact) mass is 1440 g/mol. The van der Waals surface area contributed by atoms with E-state index < -0.39 is 42.5 Å². The summed E-state index contributed by atoms with van der Waals surface area (Å²) >= 11 is 3.22. The fourth-order valence-corrected chi connectivity index (χ4v) is 17.9. The number of nitrogens with two attached hydrogens (primary N) is 1. The minimum absolute atomic E-state index is 0.0155. The molecule has 2 aliphatic rings. The molecule has 0 radical (unpaired) electrons. The Labute approximate surface area is 618 Å². The van der Waals surface area contributed by atoms with Crippen LogP contribution in [0.25, 0.3) is 41.7 Å². The second-order valence-electron chi connectivity index (χ2n) is 28.8. The SMILES string of the molecule is CCC(C(=O)Cc1ccc2cnccc2c1)c1ccc(COC(=O)CCCCCCC2[C@@H](CC[C@@H](O)c3cc4ccccc4s3)[C@H](O)C[C@@H]2O)cc1.NCC(C(=O)Cc1ccc2cnccc2c1)c1ccc(COC(=O)CCCCCC[C@@H]2[C@@H](CC[C@@H](O)c3cc4ccccc4s3)[C@H](O)C[C@@H]2O)cc1. The fraction of sp³-hybridized carbons (Fsp3) is 0.425. The van der Waals surface area contributed by atoms with Crippen LogP contribution < -0.4 is 5.73 Å². The van der Waals surface area contributed by atoms with E-state index in [-0.39, 0.29) is 72.9 Å². The summed E-state index contributed by atoms with van der Waals surface area (Å²) < 4.78 is 13.4. The van der Waals surface area contributed by atoms with Crippen molar-refractivity contribution in [1.82, 2.24) is 9.97 Å². The number of Topliss-reactive ketones (excluding diaryl/α,β-unsaturated/α-hetero) is 2. The molecule has 0 saturated heterocycles. The molecule has 548 valence electrons. The molecule has 104 heavy (non-hydrogen) atoms. The van der Waals surface area contributed by atoms with E-state index in [0.29, 0.717) is 70.6 Å². The standard InChI is InChI=1S/C44H51NO6S.C43H50N2O6S/c1-2-35(39(47)24-30-15-18-34-27-45-22-21-32(34)23-30)31-16-13-29(14-17-31)28-51-44(50)12-6-4-3-5-10-36-37(41(49)26-40(36)48)19-20-38(46)43-25-33-9-7-8-11-42(33)52-43;44-25-36(38(47)22-29-13-16-33-26-45-20-19-31(33)21-29)30-14-11-28(12-15-30)27-51-43(50)10-4-2-1-3-8-34-35(40(49)24-39(34)48)17-18-37(46)42-23-32-7-5-6-9-41(32)52-42/h7-9,11,13-18,21-23,25,27,35-38,40-41,46,48-49H,2-6,10,12,19-20,24,26,28H2,1H3;5-7,9,11-16,19-21,23,26,34-37,39-40,46,48-49H,1-4,8,10,17-18,22,24-25,27,44H2/t35?,36?,37-,38-,40+,41-;34-,35-,36?,37-,39+,40-/m11/s1. The molecule has 12 atom stereocenters. The van der Waals surface area contributed by atoms with Crippen LogP contribution >= 0.6 is 22.7 Å². The molecular weight excluding hydrogens is 1340 g/mol. The first-order valence-corrected chi connectivity index (χ1v) is 39.2. The Kier molecular flexibility index (Phi) is 28.5. The molecule has 15 nitrogen and oxygen atoms in total. The Hall–Kier alpha value is -7.94. The Balaban J connectivity index is 0.000000208. The summed E-state index contributed by atoms with van der Waals surface area (Å²) in [4.78, 5) is 61.6. The summed E-state index contributed by atoms with van der Waals surface area (Å²) in [5.41, 5.74) is 11.6. The van der Waals surface area contributed by atoms with E-state index in [9.17, 15) is 49.8 Å². The van der Waals surface area contributed by atoms with Crippen molar-refractivity contribution >= 4 is 87.9 Å². The number of thiophene rings is 2. The van der Waals surface area contributed by atoms with Gasteiger partial charge in [0, 0.05) is 92.9 Å². The van der Waals surface area contributed by atoms with Crippen molar-refractivity contribution in [2.24, 2.45) is 29.4 Å². The summed E-state index contributed by atoms with van der Waals surface area (Å²) in [5.74, 6) is -0.831. The number of carbonyl (C=O) groups is 4. The van der Waals surface area contributed by atoms with Crippen molar-refractivity contribution < 1.29 is 59.3 Å². The highest BCUT2D eigenvalue weighted by Crippen LogP contribution is 2.43. The van der Waals surface area contributed by atoms with Gasteiger partial charge in [0.05, 0.1) is 42.5 Å². The van der Waals surface area contributed by atoms with E-state index in [2.05, 4.69) is 46.4 Å². The maximum absolute atomic E-state index is 13.3. The van der Waals surface area contributed by atoms with Gasteiger partial charge in [-0.15, -0.1) is 22.7 Å². The third-order valence-electron chi connectivity index (χ3n) is 21.6. The number of rotatable bonds is 36. The first-order chi connectivity index (χ1) is 50.6. The van der Waals surface area contributed by atoms with Crippen LogP contribution in [0.15, 0.2) is 183 Å². The molecule has 17 heteroatoms. The first-order valence-electron chi connectivity index (χ1n) is 37.5. The number of benzene rings is 6. The lowest BCUT2D eigenvalue weighted by molar-refractivity contribution is -0.146. The van der Waals surface area contributed by atoms with Gasteiger partial charge in [-0.05, 0) is 186 Å². The smallest absolute Gasteiger partial charge is 0.306 e. The molecule has 0 amide bonds. The first kappa shape index (κ1) is 77.2. The lowest BCUT2D eigenvalue weighted by atomic mass is 9.84. The number of esters is 2. The minimum atomic E-state index is -0.577. The zero-order chi connectivity index (χ0) is 72.9. The summed E-state index contributed by atoms with van der Waals surface area (Å²) in [5, 5.41) is 71.0. The summed E-state index contributed by atoms with van der Waals surface area (Å²) in [6, 6.07) is 51.6. The maximum Gasteiger partial charge on any atom is 0.306 e. The topological polar surface area (TPSA) is 260 Å². The van der Waals surface area contributed by atoms with Crippen LogP contribution in [0, 0.1) is 23.7 Å². The second kappa shape index (κ2) is 38.4. The number of hydrogen-bond donors (Lipinski definition) is 7. The van der Waals surface area contributed by atoms with Gasteiger partial charge >= 0.3 is 11.9 Å². The number of pyridine rings is 2. The third-order valence-corrected chi connectivity index (χ3v) is 24.1. The van der Waals surface area contributed by atoms with E-state index in [0.717, 1.165) is 149 Å². The molecule has 12 rings (SSSR count). The number of ketones is 2. The molecule has 2 saturated carbocycles. The number of aliphatic hydroxyl groups excluding tert-OH is 6. The number of aliphatic hydroxyl groups is 6. The maximum atomic E-state index is 13.3. The van der Waals surface area contributed by atoms with Crippen molar-refractivity contribution in [2.45, 2.75) is 203 Å². The number of ether oxygens (including phenoxy) is 2. The van der Waals surface area contributed by atoms with Gasteiger partial charge in [-0.2, -0.15) is 0 Å². The number of fused-ring (bicyclic) bond motifs is 4. The highest BCUT2D eigenvalue weighted by Gasteiger charge is 2.42. The van der Waals surface area contributed by atoms with Gasteiger partial charge in [-0.1, -0.05) is 167 Å². The summed E-state index contributed by atoms with van der Waals surface area (Å²) in [6.07, 6.45) is 17.8. The Morgan fingerprint density at radius 1 is 0.452 bits per heavy atom. The Bertz CT molecular complexity index is 4060. The van der Waals surface area contributed by atoms with Crippen LogP contribution in [-0.4, -0.2) is 95.1 Å². The average Bonchev–Trinajstić information content (AvgIpc) is 1.56. The third kappa shape index (κ3) is 21.2. The normalized spacial score (nSPS) is 19.9. The summed E-state index contributed by atoms with van der Waals surface area (Å²) in [7, 11) is 0. The van der Waals surface area contributed by atoms with Crippen LogP contribution in [0.4, 0.5) is 0 Å². The van der Waals surface area contributed by atoms with E-state index in [4.69, 9.17) is 15.2 Å². The van der Waals surface area contributed by atoms with Crippen LogP contribution in [0.3, 0.4) is 0 Å². The highest BCUT2D eigenvalue weighted by molar-refractivity contribution is 7.19. The quantitative estimate of drug-likeness (QED) is 0.0142. The van der Waals surface area contributed by atoms with Gasteiger partial charge in [0.25, 0.3) is 0 Å². The number of aromatic nitrogens is 2. The van der Waals surface area contributed by atoms with Gasteiger partial charge in [0.2, 0.25) is 0 Å². The molecule has 0 bridgehead atoms. The Morgan fingerprint density at radius 3 is 1.27 bits per heavy atom. The van der Waals surface area contributed by atoms with Crippen molar-refractivity contribution in [1.29, 1.82) is 0 Å². The molecule has 4 heterocycles. The second-order valence-corrected chi connectivity index (χ2v) is 31.0. The van der Waals surface area contributed by atoms with Crippen molar-refractivity contribution in [2.75, 3.05) is 6.54 Å². The molecule has 3 unspecified atom stereocenters. The van der Waals surface area contributed by atoms with Crippen molar-refractivity contribution in [3.05, 3.63) is 226 Å². The van der Waals surface area contributed by atoms with E-state index in [1.165, 1.54) is 0 Å². The largest absolute Gasteiger partial charge is 0.461 e. The average molecular weight is 1440 g/mol. The predicted octanol–water partition coefficient (Wildman–Crippen LogP) is 16.6. The molecule has 4 aromatic heterocycles.